The second-order valence-corrected chi connectivity index (χ2v) is 7.37. The molecule has 30 heavy (non-hydrogen) atoms. The van der Waals surface area contributed by atoms with E-state index in [4.69, 9.17) is 4.74 Å². The van der Waals surface area contributed by atoms with Crippen LogP contribution in [0.1, 0.15) is 22.4 Å². The van der Waals surface area contributed by atoms with Gasteiger partial charge < -0.3 is 9.30 Å². The molecular formula is C23H21F3N2O2. The normalized spacial score (nSPS) is 14.4. The van der Waals surface area contributed by atoms with Crippen LogP contribution in [0.4, 0.5) is 13.2 Å². The molecule has 0 atom stereocenters. The fourth-order valence-corrected chi connectivity index (χ4v) is 3.53. The van der Waals surface area contributed by atoms with Gasteiger partial charge in [-0.25, -0.2) is 0 Å². The van der Waals surface area contributed by atoms with E-state index in [1.54, 1.807) is 12.3 Å². The van der Waals surface area contributed by atoms with E-state index in [1.165, 1.54) is 12.1 Å². The van der Waals surface area contributed by atoms with E-state index in [0.29, 0.717) is 32.0 Å². The van der Waals surface area contributed by atoms with Crippen LogP contribution in [-0.4, -0.2) is 16.0 Å². The highest BCUT2D eigenvalue weighted by molar-refractivity contribution is 5.26. The van der Waals surface area contributed by atoms with Gasteiger partial charge in [-0.1, -0.05) is 42.5 Å². The summed E-state index contributed by atoms with van der Waals surface area (Å²) in [4.78, 5) is 14.6. The predicted molar refractivity (Wildman–Crippen MR) is 107 cm³/mol. The van der Waals surface area contributed by atoms with E-state index in [-0.39, 0.29) is 5.43 Å². The van der Waals surface area contributed by atoms with Crippen LogP contribution in [-0.2, 0) is 32.4 Å². The van der Waals surface area contributed by atoms with Crippen LogP contribution in [0.3, 0.4) is 0 Å². The number of benzene rings is 2. The molecule has 4 rings (SSSR count). The summed E-state index contributed by atoms with van der Waals surface area (Å²) in [5.41, 5.74) is 1.84. The molecule has 0 fully saturated rings. The van der Waals surface area contributed by atoms with Crippen molar-refractivity contribution >= 4 is 0 Å². The monoisotopic (exact) mass is 414 g/mol. The first-order valence-electron chi connectivity index (χ1n) is 9.67. The molecule has 156 valence electrons. The molecule has 1 aliphatic rings. The molecule has 0 spiro atoms. The summed E-state index contributed by atoms with van der Waals surface area (Å²) in [6.07, 6.45) is -2.58. The van der Waals surface area contributed by atoms with E-state index >= 15 is 0 Å². The Kier molecular flexibility index (Phi) is 5.63. The lowest BCUT2D eigenvalue weighted by Crippen LogP contribution is -2.34. The number of fused-ring (bicyclic) bond motifs is 1. The number of rotatable bonds is 5. The smallest absolute Gasteiger partial charge is 0.416 e. The fourth-order valence-electron chi connectivity index (χ4n) is 3.53. The zero-order valence-electron chi connectivity index (χ0n) is 16.2. The zero-order valence-corrected chi connectivity index (χ0v) is 16.2. The van der Waals surface area contributed by atoms with Gasteiger partial charge in [0, 0.05) is 37.9 Å². The second-order valence-electron chi connectivity index (χ2n) is 7.37. The van der Waals surface area contributed by atoms with Gasteiger partial charge >= 0.3 is 6.18 Å². The first-order chi connectivity index (χ1) is 14.4. The van der Waals surface area contributed by atoms with Gasteiger partial charge in [0.15, 0.2) is 5.75 Å². The predicted octanol–water partition coefficient (Wildman–Crippen LogP) is 4.46. The van der Waals surface area contributed by atoms with Crippen molar-refractivity contribution in [1.29, 1.82) is 0 Å². The van der Waals surface area contributed by atoms with Gasteiger partial charge in [-0.2, -0.15) is 13.2 Å². The zero-order chi connectivity index (χ0) is 21.1. The van der Waals surface area contributed by atoms with Gasteiger partial charge in [-0.05, 0) is 23.3 Å². The average molecular weight is 414 g/mol. The molecule has 1 aromatic heterocycles. The Morgan fingerprint density at radius 1 is 0.933 bits per heavy atom. The van der Waals surface area contributed by atoms with Crippen molar-refractivity contribution in [2.24, 2.45) is 0 Å². The summed E-state index contributed by atoms with van der Waals surface area (Å²) < 4.78 is 45.9. The fraction of sp³-hybridized carbons (Fsp3) is 0.261. The highest BCUT2D eigenvalue weighted by Crippen LogP contribution is 2.29. The highest BCUT2D eigenvalue weighted by atomic mass is 19.4. The number of aromatic nitrogens is 1. The maximum atomic E-state index is 12.7. The van der Waals surface area contributed by atoms with E-state index in [2.05, 4.69) is 4.90 Å². The lowest BCUT2D eigenvalue weighted by Gasteiger charge is -2.30. The summed E-state index contributed by atoms with van der Waals surface area (Å²) in [6.45, 7) is 2.82. The van der Waals surface area contributed by atoms with Crippen molar-refractivity contribution in [3.8, 4) is 5.75 Å². The van der Waals surface area contributed by atoms with Gasteiger partial charge in [0.05, 0.1) is 11.8 Å². The van der Waals surface area contributed by atoms with Gasteiger partial charge in [0.2, 0.25) is 5.43 Å². The van der Waals surface area contributed by atoms with Crippen LogP contribution >= 0.6 is 0 Å². The number of pyridine rings is 1. The molecule has 0 bridgehead atoms. The average Bonchev–Trinajstić information content (AvgIpc) is 2.73. The molecule has 0 aliphatic carbocycles. The van der Waals surface area contributed by atoms with E-state index in [9.17, 15) is 18.0 Å². The lowest BCUT2D eigenvalue weighted by atomic mass is 10.1. The van der Waals surface area contributed by atoms with Gasteiger partial charge in [-0.15, -0.1) is 0 Å². The van der Waals surface area contributed by atoms with Crippen molar-refractivity contribution in [3.63, 3.8) is 0 Å². The summed E-state index contributed by atoms with van der Waals surface area (Å²) in [6, 6.07) is 16.4. The Labute approximate surface area is 172 Å². The first-order valence-corrected chi connectivity index (χ1v) is 9.67. The van der Waals surface area contributed by atoms with Crippen molar-refractivity contribution in [2.45, 2.75) is 32.4 Å². The van der Waals surface area contributed by atoms with E-state index in [1.807, 2.05) is 34.9 Å². The number of halogens is 3. The molecular weight excluding hydrogens is 393 g/mol. The van der Waals surface area contributed by atoms with Crippen LogP contribution in [0.5, 0.6) is 5.75 Å². The first kappa shape index (κ1) is 20.2. The van der Waals surface area contributed by atoms with Crippen molar-refractivity contribution in [2.75, 3.05) is 6.54 Å². The highest BCUT2D eigenvalue weighted by Gasteiger charge is 2.30. The van der Waals surface area contributed by atoms with E-state index < -0.39 is 11.7 Å². The number of hydrogen-bond acceptors (Lipinski definition) is 3. The molecule has 3 aromatic rings. The number of hydrogen-bond donors (Lipinski definition) is 0. The lowest BCUT2D eigenvalue weighted by molar-refractivity contribution is -0.137. The molecule has 2 heterocycles. The summed E-state index contributed by atoms with van der Waals surface area (Å²) in [5, 5.41) is 0. The van der Waals surface area contributed by atoms with Crippen LogP contribution in [0.25, 0.3) is 0 Å². The minimum absolute atomic E-state index is 0.173. The number of nitrogens with zero attached hydrogens (tertiary/aromatic N) is 2. The van der Waals surface area contributed by atoms with Crippen molar-refractivity contribution < 1.29 is 17.9 Å². The van der Waals surface area contributed by atoms with Crippen LogP contribution in [0, 0.1) is 0 Å². The van der Waals surface area contributed by atoms with Gasteiger partial charge in [-0.3, -0.25) is 9.69 Å². The molecule has 2 aromatic carbocycles. The Morgan fingerprint density at radius 2 is 1.67 bits per heavy atom. The molecule has 0 radical (unpaired) electrons. The van der Waals surface area contributed by atoms with Crippen LogP contribution < -0.4 is 10.2 Å². The van der Waals surface area contributed by atoms with Gasteiger partial charge in [0.25, 0.3) is 0 Å². The quantitative estimate of drug-likeness (QED) is 0.618. The van der Waals surface area contributed by atoms with E-state index in [0.717, 1.165) is 35.5 Å². The Bertz CT molecular complexity index is 1060. The largest absolute Gasteiger partial charge is 0.483 e. The number of ether oxygens (including phenoxy) is 1. The molecule has 1 aliphatic heterocycles. The summed E-state index contributed by atoms with van der Waals surface area (Å²) >= 11 is 0. The SMILES string of the molecule is O=c1cc2n(cc1OCc1ccccc1)CCN(Cc1ccc(C(F)(F)F)cc1)C2. The maximum Gasteiger partial charge on any atom is 0.416 e. The second kappa shape index (κ2) is 8.36. The topological polar surface area (TPSA) is 34.5 Å². The van der Waals surface area contributed by atoms with Crippen molar-refractivity contribution in [1.82, 2.24) is 9.47 Å². The maximum absolute atomic E-state index is 12.7. The molecule has 0 unspecified atom stereocenters. The Balaban J connectivity index is 1.41. The third kappa shape index (κ3) is 4.74. The molecule has 7 heteroatoms. The minimum Gasteiger partial charge on any atom is -0.483 e. The molecule has 0 saturated carbocycles. The standard InChI is InChI=1S/C23H21F3N2O2/c24-23(25,26)19-8-6-17(7-9-19)13-27-10-11-28-15-22(21(29)12-20(28)14-27)30-16-18-4-2-1-3-5-18/h1-9,12,15H,10-11,13-14,16H2. The third-order valence-electron chi connectivity index (χ3n) is 5.15. The van der Waals surface area contributed by atoms with Crippen LogP contribution in [0.2, 0.25) is 0 Å². The Morgan fingerprint density at radius 3 is 2.37 bits per heavy atom. The Hall–Kier alpha value is -3.06. The molecule has 0 amide bonds. The summed E-state index contributed by atoms with van der Waals surface area (Å²) in [7, 11) is 0. The van der Waals surface area contributed by atoms with Crippen molar-refractivity contribution in [3.05, 3.63) is 99.5 Å². The molecule has 0 N–H and O–H groups in total. The van der Waals surface area contributed by atoms with Gasteiger partial charge in [0.1, 0.15) is 6.61 Å². The third-order valence-corrected chi connectivity index (χ3v) is 5.15. The number of alkyl halides is 3. The molecule has 4 nitrogen and oxygen atoms in total. The molecule has 0 saturated heterocycles. The summed E-state index contributed by atoms with van der Waals surface area (Å²) in [5.74, 6) is 0.318. The van der Waals surface area contributed by atoms with Crippen LogP contribution in [0.15, 0.2) is 71.7 Å². The minimum atomic E-state index is -4.33.